The van der Waals surface area contributed by atoms with Crippen LogP contribution in [0.25, 0.3) is 11.0 Å². The number of carbonyl (C=O) groups is 1. The second-order valence-corrected chi connectivity index (χ2v) is 7.78. The average molecular weight is 446 g/mol. The zero-order valence-electron chi connectivity index (χ0n) is 16.3. The van der Waals surface area contributed by atoms with Gasteiger partial charge in [-0.25, -0.2) is 4.98 Å². The van der Waals surface area contributed by atoms with Gasteiger partial charge >= 0.3 is 6.18 Å². The maximum absolute atomic E-state index is 13.1. The van der Waals surface area contributed by atoms with E-state index in [-0.39, 0.29) is 23.1 Å². The predicted molar refractivity (Wildman–Crippen MR) is 111 cm³/mol. The van der Waals surface area contributed by atoms with Crippen molar-refractivity contribution in [2.75, 3.05) is 11.1 Å². The summed E-state index contributed by atoms with van der Waals surface area (Å²) in [6, 6.07) is 14.6. The van der Waals surface area contributed by atoms with Crippen LogP contribution < -0.4 is 5.32 Å². The lowest BCUT2D eigenvalue weighted by molar-refractivity contribution is -0.137. The molecule has 2 aromatic carbocycles. The van der Waals surface area contributed by atoms with E-state index in [1.165, 1.54) is 6.07 Å². The normalized spacial score (nSPS) is 11.7. The molecule has 160 valence electrons. The maximum atomic E-state index is 13.1. The zero-order chi connectivity index (χ0) is 22.0. The minimum atomic E-state index is -4.46. The molecule has 2 heterocycles. The van der Waals surface area contributed by atoms with E-state index >= 15 is 0 Å². The molecule has 0 saturated carbocycles. The third kappa shape index (κ3) is 4.91. The molecule has 0 aliphatic heterocycles. The highest BCUT2D eigenvalue weighted by Gasteiger charge is 2.31. The largest absolute Gasteiger partial charge is 0.416 e. The maximum Gasteiger partial charge on any atom is 0.416 e. The SMILES string of the molecule is Cc1cc(NC(=O)CSc2nc3cc(C(F)(F)F)ccc3n2Cc2ccccc2)on1. The van der Waals surface area contributed by atoms with Gasteiger partial charge in [-0.05, 0) is 30.7 Å². The van der Waals surface area contributed by atoms with Gasteiger partial charge in [-0.1, -0.05) is 47.3 Å². The summed E-state index contributed by atoms with van der Waals surface area (Å²) in [5, 5.41) is 6.74. The summed E-state index contributed by atoms with van der Waals surface area (Å²) in [5.41, 5.74) is 1.61. The molecule has 0 bridgehead atoms. The van der Waals surface area contributed by atoms with E-state index in [1.807, 2.05) is 30.3 Å². The molecule has 0 unspecified atom stereocenters. The highest BCUT2D eigenvalue weighted by molar-refractivity contribution is 7.99. The second kappa shape index (κ2) is 8.46. The van der Waals surface area contributed by atoms with Gasteiger partial charge < -0.3 is 9.09 Å². The van der Waals surface area contributed by atoms with Gasteiger partial charge in [-0.15, -0.1) is 0 Å². The Kier molecular flexibility index (Phi) is 5.73. The lowest BCUT2D eigenvalue weighted by Crippen LogP contribution is -2.14. The second-order valence-electron chi connectivity index (χ2n) is 6.84. The van der Waals surface area contributed by atoms with Gasteiger partial charge in [0.2, 0.25) is 11.8 Å². The fourth-order valence-corrected chi connectivity index (χ4v) is 3.85. The number of aromatic nitrogens is 3. The minimum absolute atomic E-state index is 0.00396. The van der Waals surface area contributed by atoms with Gasteiger partial charge in [-0.2, -0.15) is 13.2 Å². The number of hydrogen-bond acceptors (Lipinski definition) is 5. The number of fused-ring (bicyclic) bond motifs is 1. The molecule has 0 radical (unpaired) electrons. The van der Waals surface area contributed by atoms with E-state index in [4.69, 9.17) is 4.52 Å². The van der Waals surface area contributed by atoms with Gasteiger partial charge in [0.05, 0.1) is 34.6 Å². The fraction of sp³-hybridized carbons (Fsp3) is 0.190. The van der Waals surface area contributed by atoms with E-state index in [0.717, 1.165) is 29.5 Å². The number of alkyl halides is 3. The first-order valence-corrected chi connectivity index (χ1v) is 10.3. The molecular formula is C21H17F3N4O2S. The van der Waals surface area contributed by atoms with E-state index in [0.29, 0.717) is 22.9 Å². The van der Waals surface area contributed by atoms with Crippen LogP contribution in [0.5, 0.6) is 0 Å². The molecule has 0 saturated heterocycles. The molecule has 6 nitrogen and oxygen atoms in total. The molecule has 4 aromatic rings. The Balaban J connectivity index is 1.61. The van der Waals surface area contributed by atoms with Crippen LogP contribution in [0.15, 0.2) is 64.3 Å². The summed E-state index contributed by atoms with van der Waals surface area (Å²) in [4.78, 5) is 16.6. The van der Waals surface area contributed by atoms with Crippen molar-refractivity contribution >= 4 is 34.6 Å². The van der Waals surface area contributed by atoms with E-state index in [1.54, 1.807) is 17.6 Å². The first-order chi connectivity index (χ1) is 14.8. The number of aryl methyl sites for hydroxylation is 1. The van der Waals surface area contributed by atoms with Gasteiger partial charge in [0, 0.05) is 6.07 Å². The molecule has 0 atom stereocenters. The van der Waals surface area contributed by atoms with E-state index in [9.17, 15) is 18.0 Å². The number of carbonyl (C=O) groups excluding carboxylic acids is 1. The summed E-state index contributed by atoms with van der Waals surface area (Å²) < 4.78 is 46.1. The molecule has 10 heteroatoms. The number of hydrogen-bond donors (Lipinski definition) is 1. The number of anilines is 1. The molecule has 0 spiro atoms. The molecule has 31 heavy (non-hydrogen) atoms. The van der Waals surface area contributed by atoms with E-state index in [2.05, 4.69) is 15.5 Å². The lowest BCUT2D eigenvalue weighted by atomic mass is 10.2. The fourth-order valence-electron chi connectivity index (χ4n) is 3.04. The van der Waals surface area contributed by atoms with Crippen molar-refractivity contribution in [2.24, 2.45) is 0 Å². The van der Waals surface area contributed by atoms with Crippen LogP contribution in [-0.4, -0.2) is 26.4 Å². The Morgan fingerprint density at radius 2 is 1.94 bits per heavy atom. The topological polar surface area (TPSA) is 73.0 Å². The summed E-state index contributed by atoms with van der Waals surface area (Å²) in [7, 11) is 0. The van der Waals surface area contributed by atoms with Crippen LogP contribution in [0, 0.1) is 6.92 Å². The van der Waals surface area contributed by atoms with Crippen molar-refractivity contribution in [2.45, 2.75) is 24.8 Å². The Labute approximate surface area is 179 Å². The summed E-state index contributed by atoms with van der Waals surface area (Å²) in [6.07, 6.45) is -4.46. The van der Waals surface area contributed by atoms with Crippen LogP contribution in [-0.2, 0) is 17.5 Å². The van der Waals surface area contributed by atoms with Crippen molar-refractivity contribution in [3.8, 4) is 0 Å². The van der Waals surface area contributed by atoms with Crippen molar-refractivity contribution in [3.05, 3.63) is 71.4 Å². The summed E-state index contributed by atoms with van der Waals surface area (Å²) in [6.45, 7) is 2.14. The first-order valence-electron chi connectivity index (χ1n) is 9.27. The monoisotopic (exact) mass is 446 g/mol. The average Bonchev–Trinajstić information content (AvgIpc) is 3.29. The third-order valence-corrected chi connectivity index (χ3v) is 5.42. The standard InChI is InChI=1S/C21H17F3N4O2S/c1-13-9-19(30-27-13)26-18(29)12-31-20-25-16-10-15(21(22,23)24)7-8-17(16)28(20)11-14-5-3-2-4-6-14/h2-10H,11-12H2,1H3,(H,26,29). The number of nitrogens with one attached hydrogen (secondary N) is 1. The molecule has 1 N–H and O–H groups in total. The number of nitrogens with zero attached hydrogens (tertiary/aromatic N) is 3. The Morgan fingerprint density at radius 1 is 1.16 bits per heavy atom. The minimum Gasteiger partial charge on any atom is -0.338 e. The van der Waals surface area contributed by atoms with Gasteiger partial charge in [0.25, 0.3) is 0 Å². The third-order valence-electron chi connectivity index (χ3n) is 4.45. The van der Waals surface area contributed by atoms with Gasteiger partial charge in [0.15, 0.2) is 5.16 Å². The van der Waals surface area contributed by atoms with Gasteiger partial charge in [-0.3, -0.25) is 10.1 Å². The molecule has 0 aliphatic carbocycles. The highest BCUT2D eigenvalue weighted by Crippen LogP contribution is 2.33. The van der Waals surface area contributed by atoms with Crippen LogP contribution in [0.4, 0.5) is 19.1 Å². The number of amides is 1. The zero-order valence-corrected chi connectivity index (χ0v) is 17.1. The molecule has 4 rings (SSSR count). The number of imidazole rings is 1. The lowest BCUT2D eigenvalue weighted by Gasteiger charge is -2.10. The Hall–Kier alpha value is -3.27. The van der Waals surface area contributed by atoms with Crippen molar-refractivity contribution in [1.82, 2.24) is 14.7 Å². The quantitative estimate of drug-likeness (QED) is 0.416. The predicted octanol–water partition coefficient (Wildman–Crippen LogP) is 5.13. The van der Waals surface area contributed by atoms with Gasteiger partial charge in [0.1, 0.15) is 0 Å². The van der Waals surface area contributed by atoms with Crippen LogP contribution in [0.1, 0.15) is 16.8 Å². The molecular weight excluding hydrogens is 429 g/mol. The molecule has 0 aliphatic rings. The van der Waals surface area contributed by atoms with Crippen LogP contribution in [0.3, 0.4) is 0 Å². The van der Waals surface area contributed by atoms with Crippen LogP contribution in [0.2, 0.25) is 0 Å². The van der Waals surface area contributed by atoms with Crippen LogP contribution >= 0.6 is 11.8 Å². The number of halogens is 3. The molecule has 2 aromatic heterocycles. The first kappa shape index (κ1) is 21.0. The Morgan fingerprint density at radius 3 is 2.61 bits per heavy atom. The summed E-state index contributed by atoms with van der Waals surface area (Å²) in [5.74, 6) is -0.101. The van der Waals surface area contributed by atoms with Crippen molar-refractivity contribution in [1.29, 1.82) is 0 Å². The smallest absolute Gasteiger partial charge is 0.338 e. The number of thioether (sulfide) groups is 1. The molecule has 1 amide bonds. The molecule has 0 fully saturated rings. The Bertz CT molecular complexity index is 1220. The van der Waals surface area contributed by atoms with Crippen molar-refractivity contribution in [3.63, 3.8) is 0 Å². The highest BCUT2D eigenvalue weighted by atomic mass is 32.2. The van der Waals surface area contributed by atoms with E-state index < -0.39 is 11.7 Å². The number of rotatable bonds is 6. The number of benzene rings is 2. The van der Waals surface area contributed by atoms with Crippen molar-refractivity contribution < 1.29 is 22.5 Å². The summed E-state index contributed by atoms with van der Waals surface area (Å²) >= 11 is 1.14.